The van der Waals surface area contributed by atoms with Gasteiger partial charge in [0.25, 0.3) is 5.91 Å². The van der Waals surface area contributed by atoms with Crippen LogP contribution in [-0.2, 0) is 4.79 Å². The normalized spacial score (nSPS) is 10.1. The minimum absolute atomic E-state index is 0.129. The van der Waals surface area contributed by atoms with Crippen LogP contribution in [0, 0.1) is 6.92 Å². The minimum atomic E-state index is -0.313. The lowest BCUT2D eigenvalue weighted by Gasteiger charge is -2.09. The van der Waals surface area contributed by atoms with Crippen LogP contribution in [0.2, 0.25) is 0 Å². The third kappa shape index (κ3) is 5.12. The molecule has 0 atom stereocenters. The van der Waals surface area contributed by atoms with Gasteiger partial charge in [-0.05, 0) is 48.9 Å². The molecule has 2 aromatic carbocycles. The highest BCUT2D eigenvalue weighted by Gasteiger charge is 2.09. The third-order valence-electron chi connectivity index (χ3n) is 3.65. The number of carbonyl (C=O) groups excluding carboxylic acids is 2. The number of hydrogen-bond donors (Lipinski definition) is 3. The fraction of sp³-hybridized carbons (Fsp3) is 0.100. The molecule has 2 amide bonds. The summed E-state index contributed by atoms with van der Waals surface area (Å²) in [6.07, 6.45) is 1.33. The highest BCUT2D eigenvalue weighted by Crippen LogP contribution is 2.18. The Bertz CT molecular complexity index is 970. The van der Waals surface area contributed by atoms with Crippen LogP contribution in [0.15, 0.2) is 60.9 Å². The molecule has 0 fully saturated rings. The molecule has 136 valence electrons. The van der Waals surface area contributed by atoms with Crippen molar-refractivity contribution in [3.05, 3.63) is 72.2 Å². The Morgan fingerprint density at radius 1 is 0.852 bits per heavy atom. The zero-order chi connectivity index (χ0) is 19.2. The molecule has 1 aromatic heterocycles. The van der Waals surface area contributed by atoms with Crippen molar-refractivity contribution in [1.29, 1.82) is 0 Å². The summed E-state index contributed by atoms with van der Waals surface area (Å²) in [4.78, 5) is 31.6. The molecule has 0 unspecified atom stereocenters. The van der Waals surface area contributed by atoms with Gasteiger partial charge in [0, 0.05) is 30.1 Å². The second kappa shape index (κ2) is 8.09. The van der Waals surface area contributed by atoms with Crippen LogP contribution in [0.3, 0.4) is 0 Å². The van der Waals surface area contributed by atoms with E-state index in [4.69, 9.17) is 0 Å². The molecule has 1 heterocycles. The molecule has 0 bridgehead atoms. The number of nitrogens with one attached hydrogen (secondary N) is 3. The van der Waals surface area contributed by atoms with Crippen LogP contribution in [0.4, 0.5) is 22.9 Å². The van der Waals surface area contributed by atoms with Crippen molar-refractivity contribution in [3.8, 4) is 0 Å². The van der Waals surface area contributed by atoms with Crippen LogP contribution >= 0.6 is 0 Å². The van der Waals surface area contributed by atoms with Gasteiger partial charge in [-0.3, -0.25) is 9.59 Å². The molecule has 27 heavy (non-hydrogen) atoms. The standard InChI is InChI=1S/C20H19N5O2/c1-13-4-3-5-17(10-13)25-20(27)18-11-19(22-12-21-18)24-16-8-6-15(7-9-16)23-14(2)26/h3-12H,1-2H3,(H,23,26)(H,25,27)(H,21,22,24). The Balaban J connectivity index is 1.69. The summed E-state index contributed by atoms with van der Waals surface area (Å²) < 4.78 is 0. The Kier molecular flexibility index (Phi) is 5.41. The molecule has 0 aliphatic heterocycles. The number of benzene rings is 2. The van der Waals surface area contributed by atoms with Gasteiger partial charge in [-0.25, -0.2) is 9.97 Å². The summed E-state index contributed by atoms with van der Waals surface area (Å²) in [7, 11) is 0. The molecular formula is C20H19N5O2. The van der Waals surface area contributed by atoms with E-state index in [1.165, 1.54) is 13.3 Å². The average molecular weight is 361 g/mol. The zero-order valence-electron chi connectivity index (χ0n) is 15.0. The first kappa shape index (κ1) is 18.1. The molecule has 0 aliphatic carbocycles. The van der Waals surface area contributed by atoms with Gasteiger partial charge < -0.3 is 16.0 Å². The van der Waals surface area contributed by atoms with Crippen molar-refractivity contribution in [1.82, 2.24) is 9.97 Å². The van der Waals surface area contributed by atoms with E-state index in [9.17, 15) is 9.59 Å². The topological polar surface area (TPSA) is 96.0 Å². The van der Waals surface area contributed by atoms with Crippen molar-refractivity contribution in [2.75, 3.05) is 16.0 Å². The number of aromatic nitrogens is 2. The summed E-state index contributed by atoms with van der Waals surface area (Å²) in [5.41, 5.74) is 3.49. The van der Waals surface area contributed by atoms with Gasteiger partial charge in [0.1, 0.15) is 17.8 Å². The van der Waals surface area contributed by atoms with Gasteiger partial charge >= 0.3 is 0 Å². The van der Waals surface area contributed by atoms with Crippen LogP contribution in [-0.4, -0.2) is 21.8 Å². The molecule has 3 N–H and O–H groups in total. The minimum Gasteiger partial charge on any atom is -0.340 e. The number of rotatable bonds is 5. The predicted molar refractivity (Wildman–Crippen MR) is 105 cm³/mol. The average Bonchev–Trinajstić information content (AvgIpc) is 2.63. The smallest absolute Gasteiger partial charge is 0.274 e. The van der Waals surface area contributed by atoms with E-state index < -0.39 is 0 Å². The number of aryl methyl sites for hydroxylation is 1. The molecular weight excluding hydrogens is 342 g/mol. The van der Waals surface area contributed by atoms with Crippen LogP contribution in [0.5, 0.6) is 0 Å². The number of amides is 2. The maximum atomic E-state index is 12.4. The van der Waals surface area contributed by atoms with Gasteiger partial charge in [0.05, 0.1) is 0 Å². The van der Waals surface area contributed by atoms with Crippen LogP contribution < -0.4 is 16.0 Å². The second-order valence-corrected chi connectivity index (χ2v) is 6.00. The highest BCUT2D eigenvalue weighted by molar-refractivity contribution is 6.03. The second-order valence-electron chi connectivity index (χ2n) is 6.00. The lowest BCUT2D eigenvalue weighted by atomic mass is 10.2. The van der Waals surface area contributed by atoms with Crippen LogP contribution in [0.1, 0.15) is 23.0 Å². The molecule has 0 spiro atoms. The van der Waals surface area contributed by atoms with Gasteiger partial charge in [0.15, 0.2) is 0 Å². The summed E-state index contributed by atoms with van der Waals surface area (Å²) in [6.45, 7) is 3.41. The van der Waals surface area contributed by atoms with Gasteiger partial charge in [-0.15, -0.1) is 0 Å². The zero-order valence-corrected chi connectivity index (χ0v) is 15.0. The Morgan fingerprint density at radius 3 is 2.30 bits per heavy atom. The molecule has 0 aliphatic rings. The highest BCUT2D eigenvalue weighted by atomic mass is 16.2. The van der Waals surface area contributed by atoms with Crippen LogP contribution in [0.25, 0.3) is 0 Å². The lowest BCUT2D eigenvalue weighted by Crippen LogP contribution is -2.14. The van der Waals surface area contributed by atoms with E-state index in [-0.39, 0.29) is 17.5 Å². The summed E-state index contributed by atoms with van der Waals surface area (Å²) >= 11 is 0. The van der Waals surface area contributed by atoms with Crippen molar-refractivity contribution < 1.29 is 9.59 Å². The Morgan fingerprint density at radius 2 is 1.59 bits per heavy atom. The quantitative estimate of drug-likeness (QED) is 0.643. The number of hydrogen-bond acceptors (Lipinski definition) is 5. The molecule has 0 radical (unpaired) electrons. The molecule has 3 aromatic rings. The van der Waals surface area contributed by atoms with E-state index in [1.807, 2.05) is 31.2 Å². The first-order valence-electron chi connectivity index (χ1n) is 8.34. The van der Waals surface area contributed by atoms with E-state index in [0.717, 1.165) is 11.3 Å². The fourth-order valence-corrected chi connectivity index (χ4v) is 2.46. The Labute approximate surface area is 156 Å². The lowest BCUT2D eigenvalue weighted by molar-refractivity contribution is -0.114. The summed E-state index contributed by atoms with van der Waals surface area (Å²) in [5.74, 6) is 0.0505. The van der Waals surface area contributed by atoms with Crippen molar-refractivity contribution in [2.45, 2.75) is 13.8 Å². The first-order valence-corrected chi connectivity index (χ1v) is 8.34. The van der Waals surface area contributed by atoms with E-state index in [2.05, 4.69) is 25.9 Å². The van der Waals surface area contributed by atoms with Gasteiger partial charge in [0.2, 0.25) is 5.91 Å². The Hall–Kier alpha value is -3.74. The molecule has 0 saturated carbocycles. The summed E-state index contributed by atoms with van der Waals surface area (Å²) in [5, 5.41) is 8.63. The maximum Gasteiger partial charge on any atom is 0.274 e. The van der Waals surface area contributed by atoms with Gasteiger partial charge in [-0.2, -0.15) is 0 Å². The maximum absolute atomic E-state index is 12.4. The molecule has 3 rings (SSSR count). The number of nitrogens with zero attached hydrogens (tertiary/aromatic N) is 2. The fourth-order valence-electron chi connectivity index (χ4n) is 2.46. The largest absolute Gasteiger partial charge is 0.340 e. The monoisotopic (exact) mass is 361 g/mol. The van der Waals surface area contributed by atoms with E-state index >= 15 is 0 Å². The van der Waals surface area contributed by atoms with E-state index in [1.54, 1.807) is 30.3 Å². The third-order valence-corrected chi connectivity index (χ3v) is 3.65. The first-order chi connectivity index (χ1) is 13.0. The van der Waals surface area contributed by atoms with Crippen molar-refractivity contribution in [3.63, 3.8) is 0 Å². The van der Waals surface area contributed by atoms with Crippen molar-refractivity contribution in [2.24, 2.45) is 0 Å². The SMILES string of the molecule is CC(=O)Nc1ccc(Nc2cc(C(=O)Nc3cccc(C)c3)ncn2)cc1. The number of carbonyl (C=O) groups is 2. The van der Waals surface area contributed by atoms with Gasteiger partial charge in [-0.1, -0.05) is 12.1 Å². The number of anilines is 4. The van der Waals surface area contributed by atoms with E-state index in [0.29, 0.717) is 17.2 Å². The molecule has 0 saturated heterocycles. The predicted octanol–water partition coefficient (Wildman–Crippen LogP) is 3.74. The summed E-state index contributed by atoms with van der Waals surface area (Å²) in [6, 6.07) is 16.3. The molecule has 7 nitrogen and oxygen atoms in total. The van der Waals surface area contributed by atoms with Crippen molar-refractivity contribution >= 4 is 34.7 Å². The molecule has 7 heteroatoms.